The van der Waals surface area contributed by atoms with E-state index in [0.29, 0.717) is 6.54 Å². The summed E-state index contributed by atoms with van der Waals surface area (Å²) in [6.45, 7) is 1.27. The largest absolute Gasteiger partial charge is 0.401 e. The Balaban J connectivity index is 2.83. The van der Waals surface area contributed by atoms with Crippen LogP contribution in [0, 0.1) is 0 Å². The quantitative estimate of drug-likeness (QED) is 0.896. The van der Waals surface area contributed by atoms with Crippen molar-refractivity contribution in [1.82, 2.24) is 4.90 Å². The van der Waals surface area contributed by atoms with Crippen molar-refractivity contribution < 1.29 is 13.2 Å². The molecule has 0 fully saturated rings. The first kappa shape index (κ1) is 14.9. The Kier molecular flexibility index (Phi) is 5.43. The van der Waals surface area contributed by atoms with Crippen LogP contribution in [0.4, 0.5) is 13.2 Å². The summed E-state index contributed by atoms with van der Waals surface area (Å²) >= 11 is 4.71. The summed E-state index contributed by atoms with van der Waals surface area (Å²) in [4.78, 5) is 2.20. The number of likely N-dealkylation sites (N-methyl/N-ethyl adjacent to an activating group) is 1. The smallest absolute Gasteiger partial charge is 0.329 e. The highest BCUT2D eigenvalue weighted by molar-refractivity contribution is 9.10. The van der Waals surface area contributed by atoms with E-state index in [0.717, 1.165) is 9.35 Å². The van der Waals surface area contributed by atoms with E-state index in [1.165, 1.54) is 16.2 Å². The summed E-state index contributed by atoms with van der Waals surface area (Å²) in [6, 6.07) is 1.44. The van der Waals surface area contributed by atoms with Gasteiger partial charge >= 0.3 is 6.18 Å². The predicted molar refractivity (Wildman–Crippen MR) is 67.1 cm³/mol. The monoisotopic (exact) mass is 330 g/mol. The molecule has 1 aromatic heterocycles. The van der Waals surface area contributed by atoms with Gasteiger partial charge in [-0.1, -0.05) is 6.92 Å². The van der Waals surface area contributed by atoms with Gasteiger partial charge in [0.15, 0.2) is 0 Å². The minimum absolute atomic E-state index is 0.177. The summed E-state index contributed by atoms with van der Waals surface area (Å²) < 4.78 is 38.1. The van der Waals surface area contributed by atoms with Gasteiger partial charge in [0.1, 0.15) is 0 Å². The maximum absolute atomic E-state index is 12.4. The molecule has 2 nitrogen and oxygen atoms in total. The van der Waals surface area contributed by atoms with Crippen molar-refractivity contribution >= 4 is 27.3 Å². The predicted octanol–water partition coefficient (Wildman–Crippen LogP) is 3.39. The summed E-state index contributed by atoms with van der Waals surface area (Å²) in [5, 5.41) is 1.85. The van der Waals surface area contributed by atoms with Gasteiger partial charge in [-0.05, 0) is 28.5 Å². The molecule has 0 aliphatic carbocycles. The number of halogens is 4. The highest BCUT2D eigenvalue weighted by Gasteiger charge is 2.33. The second-order valence-electron chi connectivity index (χ2n) is 3.60. The molecule has 7 heteroatoms. The molecule has 1 unspecified atom stereocenters. The van der Waals surface area contributed by atoms with Crippen LogP contribution in [0.3, 0.4) is 0 Å². The van der Waals surface area contributed by atoms with Crippen LogP contribution in [-0.2, 0) is 0 Å². The molecule has 98 valence electrons. The summed E-state index contributed by atoms with van der Waals surface area (Å²) in [5.41, 5.74) is 5.59. The lowest BCUT2D eigenvalue weighted by Crippen LogP contribution is -2.39. The number of thiophene rings is 1. The number of rotatable bonds is 5. The van der Waals surface area contributed by atoms with Gasteiger partial charge in [0.25, 0.3) is 0 Å². The van der Waals surface area contributed by atoms with Crippen LogP contribution in [0.1, 0.15) is 17.8 Å². The fourth-order valence-electron chi connectivity index (χ4n) is 1.62. The molecule has 2 N–H and O–H groups in total. The molecule has 0 aliphatic rings. The van der Waals surface area contributed by atoms with Gasteiger partial charge in [-0.15, -0.1) is 11.3 Å². The van der Waals surface area contributed by atoms with Crippen molar-refractivity contribution in [3.63, 3.8) is 0 Å². The third kappa shape index (κ3) is 4.57. The Morgan fingerprint density at radius 3 is 2.53 bits per heavy atom. The van der Waals surface area contributed by atoms with Crippen LogP contribution < -0.4 is 5.73 Å². The standard InChI is InChI=1S/C10H14BrF3N2S/c1-2-16(6-10(12,13)14)8(4-15)9-3-7(11)5-17-9/h3,5,8H,2,4,6,15H2,1H3. The van der Waals surface area contributed by atoms with Crippen LogP contribution in [0.2, 0.25) is 0 Å². The first-order valence-electron chi connectivity index (χ1n) is 5.12. The minimum Gasteiger partial charge on any atom is -0.329 e. The average Bonchev–Trinajstić information content (AvgIpc) is 2.62. The van der Waals surface area contributed by atoms with Gasteiger partial charge in [0, 0.05) is 21.3 Å². The fraction of sp³-hybridized carbons (Fsp3) is 0.600. The van der Waals surface area contributed by atoms with Gasteiger partial charge in [-0.2, -0.15) is 13.2 Å². The van der Waals surface area contributed by atoms with E-state index in [4.69, 9.17) is 5.73 Å². The van der Waals surface area contributed by atoms with Crippen molar-refractivity contribution in [3.05, 3.63) is 20.8 Å². The third-order valence-electron chi connectivity index (χ3n) is 2.37. The molecular weight excluding hydrogens is 317 g/mol. The van der Waals surface area contributed by atoms with E-state index in [1.807, 2.05) is 11.4 Å². The Morgan fingerprint density at radius 2 is 2.18 bits per heavy atom. The maximum atomic E-state index is 12.4. The van der Waals surface area contributed by atoms with Gasteiger partial charge in [-0.3, -0.25) is 4.90 Å². The second-order valence-corrected chi connectivity index (χ2v) is 5.46. The molecule has 1 heterocycles. The number of nitrogens with two attached hydrogens (primary N) is 1. The van der Waals surface area contributed by atoms with Crippen LogP contribution in [-0.4, -0.2) is 30.7 Å². The topological polar surface area (TPSA) is 29.3 Å². The summed E-state index contributed by atoms with van der Waals surface area (Å²) in [7, 11) is 0. The van der Waals surface area contributed by atoms with E-state index in [1.54, 1.807) is 6.92 Å². The molecule has 1 rings (SSSR count). The van der Waals surface area contributed by atoms with Gasteiger partial charge in [0.05, 0.1) is 12.6 Å². The van der Waals surface area contributed by atoms with E-state index in [2.05, 4.69) is 15.9 Å². The molecule has 0 amide bonds. The highest BCUT2D eigenvalue weighted by atomic mass is 79.9. The highest BCUT2D eigenvalue weighted by Crippen LogP contribution is 2.30. The molecular formula is C10H14BrF3N2S. The molecule has 17 heavy (non-hydrogen) atoms. The molecule has 1 atom stereocenters. The minimum atomic E-state index is -4.20. The molecule has 1 aromatic rings. The Hall–Kier alpha value is -0.110. The maximum Gasteiger partial charge on any atom is 0.401 e. The number of alkyl halides is 3. The van der Waals surface area contributed by atoms with Crippen molar-refractivity contribution in [2.24, 2.45) is 5.73 Å². The number of nitrogens with zero attached hydrogens (tertiary/aromatic N) is 1. The van der Waals surface area contributed by atoms with Crippen molar-refractivity contribution in [3.8, 4) is 0 Å². The number of hydrogen-bond donors (Lipinski definition) is 1. The van der Waals surface area contributed by atoms with Crippen LogP contribution in [0.5, 0.6) is 0 Å². The molecule has 0 saturated carbocycles. The Bertz CT molecular complexity index is 354. The summed E-state index contributed by atoms with van der Waals surface area (Å²) in [6.07, 6.45) is -4.20. The zero-order valence-electron chi connectivity index (χ0n) is 9.30. The normalized spacial score (nSPS) is 14.3. The lowest BCUT2D eigenvalue weighted by atomic mass is 10.2. The van der Waals surface area contributed by atoms with E-state index >= 15 is 0 Å². The lowest BCUT2D eigenvalue weighted by molar-refractivity contribution is -0.150. The first-order chi connectivity index (χ1) is 7.87. The number of hydrogen-bond acceptors (Lipinski definition) is 3. The van der Waals surface area contributed by atoms with E-state index in [9.17, 15) is 13.2 Å². The fourth-order valence-corrected chi connectivity index (χ4v) is 3.21. The average molecular weight is 331 g/mol. The zero-order valence-corrected chi connectivity index (χ0v) is 11.7. The summed E-state index contributed by atoms with van der Waals surface area (Å²) in [5.74, 6) is 0. The molecule has 0 saturated heterocycles. The molecule has 0 spiro atoms. The van der Waals surface area contributed by atoms with Gasteiger partial charge in [-0.25, -0.2) is 0 Å². The van der Waals surface area contributed by atoms with E-state index < -0.39 is 12.7 Å². The zero-order chi connectivity index (χ0) is 13.1. The first-order valence-corrected chi connectivity index (χ1v) is 6.79. The molecule has 0 bridgehead atoms. The molecule has 0 radical (unpaired) electrons. The van der Waals surface area contributed by atoms with Crippen LogP contribution in [0.15, 0.2) is 15.9 Å². The van der Waals surface area contributed by atoms with Crippen molar-refractivity contribution in [1.29, 1.82) is 0 Å². The van der Waals surface area contributed by atoms with Crippen LogP contribution >= 0.6 is 27.3 Å². The lowest BCUT2D eigenvalue weighted by Gasteiger charge is -2.29. The second kappa shape index (κ2) is 6.17. The van der Waals surface area contributed by atoms with Crippen molar-refractivity contribution in [2.75, 3.05) is 19.6 Å². The van der Waals surface area contributed by atoms with Crippen LogP contribution in [0.25, 0.3) is 0 Å². The van der Waals surface area contributed by atoms with Crippen molar-refractivity contribution in [2.45, 2.75) is 19.1 Å². The SMILES string of the molecule is CCN(CC(F)(F)F)C(CN)c1cc(Br)cs1. The Morgan fingerprint density at radius 1 is 1.53 bits per heavy atom. The third-order valence-corrected chi connectivity index (χ3v) is 4.16. The van der Waals surface area contributed by atoms with E-state index in [-0.39, 0.29) is 12.6 Å². The molecule has 0 aliphatic heterocycles. The van der Waals surface area contributed by atoms with Gasteiger partial charge in [0.2, 0.25) is 0 Å². The molecule has 0 aromatic carbocycles. The Labute approximate surface area is 111 Å². The van der Waals surface area contributed by atoms with Gasteiger partial charge < -0.3 is 5.73 Å².